The van der Waals surface area contributed by atoms with Crippen LogP contribution in [0.15, 0.2) is 52.9 Å². The van der Waals surface area contributed by atoms with Crippen molar-refractivity contribution in [3.05, 3.63) is 64.9 Å². The second-order valence-electron chi connectivity index (χ2n) is 7.30. The summed E-state index contributed by atoms with van der Waals surface area (Å²) in [6, 6.07) is 10.7. The lowest BCUT2D eigenvalue weighted by Crippen LogP contribution is -2.42. The van der Waals surface area contributed by atoms with Gasteiger partial charge in [-0.05, 0) is 31.2 Å². The third-order valence-electron chi connectivity index (χ3n) is 5.08. The van der Waals surface area contributed by atoms with Gasteiger partial charge in [-0.3, -0.25) is 14.5 Å². The summed E-state index contributed by atoms with van der Waals surface area (Å²) < 4.78 is 45.4. The fourth-order valence-electron chi connectivity index (χ4n) is 3.45. The second kappa shape index (κ2) is 7.56. The summed E-state index contributed by atoms with van der Waals surface area (Å²) in [7, 11) is 0. The lowest BCUT2D eigenvalue weighted by atomic mass is 9.99. The van der Waals surface area contributed by atoms with Crippen LogP contribution >= 0.6 is 11.6 Å². The Balaban J connectivity index is 1.56. The number of carbonyl (C=O) groups excluding carboxylic acids is 3. The molecule has 2 N–H and O–H groups in total. The van der Waals surface area contributed by atoms with Crippen LogP contribution in [0.5, 0.6) is 0 Å². The Morgan fingerprint density at radius 2 is 1.91 bits per heavy atom. The van der Waals surface area contributed by atoms with Crippen molar-refractivity contribution in [1.29, 1.82) is 0 Å². The van der Waals surface area contributed by atoms with Crippen LogP contribution in [-0.2, 0) is 21.3 Å². The van der Waals surface area contributed by atoms with Crippen LogP contribution in [0.4, 0.5) is 23.7 Å². The summed E-state index contributed by atoms with van der Waals surface area (Å²) in [6.45, 7) is 0.599. The number of nitrogens with one attached hydrogen (secondary N) is 2. The molecule has 1 aliphatic rings. The number of furan rings is 1. The highest BCUT2D eigenvalue weighted by atomic mass is 35.5. The molecule has 166 valence electrons. The molecule has 7 nitrogen and oxygen atoms in total. The minimum Gasteiger partial charge on any atom is -0.458 e. The van der Waals surface area contributed by atoms with E-state index in [0.717, 1.165) is 12.1 Å². The van der Waals surface area contributed by atoms with Gasteiger partial charge in [0.05, 0.1) is 16.3 Å². The van der Waals surface area contributed by atoms with E-state index in [-0.39, 0.29) is 10.8 Å². The first kappa shape index (κ1) is 21.7. The molecule has 4 rings (SSSR count). The molecular weight excluding hydrogens is 451 g/mol. The summed E-state index contributed by atoms with van der Waals surface area (Å²) >= 11 is 5.83. The Morgan fingerprint density at radius 1 is 1.19 bits per heavy atom. The van der Waals surface area contributed by atoms with E-state index >= 15 is 0 Å². The molecule has 2 heterocycles. The summed E-state index contributed by atoms with van der Waals surface area (Å²) in [5.74, 6) is -1.65. The van der Waals surface area contributed by atoms with Gasteiger partial charge >= 0.3 is 12.2 Å². The van der Waals surface area contributed by atoms with Gasteiger partial charge in [0.15, 0.2) is 5.54 Å². The maximum Gasteiger partial charge on any atom is 0.418 e. The van der Waals surface area contributed by atoms with E-state index in [1.165, 1.54) is 13.0 Å². The molecule has 0 spiro atoms. The average molecular weight is 466 g/mol. The van der Waals surface area contributed by atoms with E-state index in [4.69, 9.17) is 16.0 Å². The molecule has 1 fully saturated rings. The van der Waals surface area contributed by atoms with E-state index in [0.29, 0.717) is 15.9 Å². The van der Waals surface area contributed by atoms with Crippen LogP contribution in [0.1, 0.15) is 18.2 Å². The SMILES string of the molecule is CC1(c2cc3ccccc3o2)NC(=O)N(CC(=O)Nc2c(Cl)cccc2C(F)(F)F)C1=O. The zero-order valence-electron chi connectivity index (χ0n) is 16.4. The van der Waals surface area contributed by atoms with Crippen LogP contribution in [0, 0.1) is 0 Å². The number of para-hydroxylation sites is 2. The first-order valence-corrected chi connectivity index (χ1v) is 9.67. The van der Waals surface area contributed by atoms with Crippen molar-refractivity contribution in [3.8, 4) is 0 Å². The van der Waals surface area contributed by atoms with Gasteiger partial charge < -0.3 is 15.1 Å². The maximum absolute atomic E-state index is 13.2. The fourth-order valence-corrected chi connectivity index (χ4v) is 3.67. The van der Waals surface area contributed by atoms with E-state index in [9.17, 15) is 27.6 Å². The minimum atomic E-state index is -4.77. The van der Waals surface area contributed by atoms with Crippen LogP contribution in [0.2, 0.25) is 5.02 Å². The molecule has 1 aromatic heterocycles. The molecule has 0 saturated carbocycles. The molecule has 0 radical (unpaired) electrons. The number of imide groups is 1. The van der Waals surface area contributed by atoms with Gasteiger partial charge in [-0.25, -0.2) is 4.79 Å². The summed E-state index contributed by atoms with van der Waals surface area (Å²) in [4.78, 5) is 38.5. The predicted molar refractivity (Wildman–Crippen MR) is 109 cm³/mol. The molecule has 1 atom stereocenters. The Labute approximate surface area is 184 Å². The number of rotatable bonds is 4. The molecule has 0 aliphatic carbocycles. The average Bonchev–Trinajstić information content (AvgIpc) is 3.25. The molecule has 0 bridgehead atoms. The van der Waals surface area contributed by atoms with Gasteiger partial charge in [-0.2, -0.15) is 13.2 Å². The van der Waals surface area contributed by atoms with Crippen LogP contribution in [0.25, 0.3) is 11.0 Å². The number of fused-ring (bicyclic) bond motifs is 1. The van der Waals surface area contributed by atoms with Crippen molar-refractivity contribution < 1.29 is 32.0 Å². The van der Waals surface area contributed by atoms with Crippen molar-refractivity contribution in [2.45, 2.75) is 18.6 Å². The molecule has 4 amide bonds. The van der Waals surface area contributed by atoms with E-state index in [1.807, 2.05) is 0 Å². The Hall–Kier alpha value is -3.53. The molecule has 1 unspecified atom stereocenters. The number of alkyl halides is 3. The van der Waals surface area contributed by atoms with E-state index < -0.39 is 47.4 Å². The largest absolute Gasteiger partial charge is 0.458 e. The third-order valence-corrected chi connectivity index (χ3v) is 5.39. The summed E-state index contributed by atoms with van der Waals surface area (Å²) in [5, 5.41) is 4.91. The van der Waals surface area contributed by atoms with Crippen molar-refractivity contribution in [2.75, 3.05) is 11.9 Å². The normalized spacial score (nSPS) is 18.8. The molecule has 11 heteroatoms. The Bertz CT molecular complexity index is 1220. The van der Waals surface area contributed by atoms with E-state index in [2.05, 4.69) is 10.6 Å². The Kier molecular flexibility index (Phi) is 5.12. The smallest absolute Gasteiger partial charge is 0.418 e. The lowest BCUT2D eigenvalue weighted by Gasteiger charge is -2.19. The number of nitrogens with zero attached hydrogens (tertiary/aromatic N) is 1. The number of amides is 4. The predicted octanol–water partition coefficient (Wildman–Crippen LogP) is 4.51. The molecule has 1 aliphatic heterocycles. The zero-order valence-corrected chi connectivity index (χ0v) is 17.2. The lowest BCUT2D eigenvalue weighted by molar-refractivity contribution is -0.137. The molecular formula is C21H15ClF3N3O4. The number of carbonyl (C=O) groups is 3. The van der Waals surface area contributed by atoms with Crippen molar-refractivity contribution in [2.24, 2.45) is 0 Å². The van der Waals surface area contributed by atoms with Gasteiger partial charge in [0.1, 0.15) is 17.9 Å². The summed E-state index contributed by atoms with van der Waals surface area (Å²) in [6.07, 6.45) is -4.77. The molecule has 3 aromatic rings. The van der Waals surface area contributed by atoms with Crippen molar-refractivity contribution in [3.63, 3.8) is 0 Å². The number of hydrogen-bond acceptors (Lipinski definition) is 4. The monoisotopic (exact) mass is 465 g/mol. The van der Waals surface area contributed by atoms with Gasteiger partial charge in [0, 0.05) is 5.39 Å². The van der Waals surface area contributed by atoms with Gasteiger partial charge in [0.25, 0.3) is 5.91 Å². The standard InChI is InChI=1S/C21H15ClF3N3O4/c1-20(15-9-11-5-2-3-8-14(11)32-15)18(30)28(19(31)27-20)10-16(29)26-17-12(21(23,24)25)6-4-7-13(17)22/h2-9H,10H2,1H3,(H,26,29)(H,27,31). The maximum atomic E-state index is 13.2. The number of benzene rings is 2. The topological polar surface area (TPSA) is 91.7 Å². The summed E-state index contributed by atoms with van der Waals surface area (Å²) in [5.41, 5.74) is -2.89. The number of anilines is 1. The van der Waals surface area contributed by atoms with Gasteiger partial charge in [0.2, 0.25) is 5.91 Å². The van der Waals surface area contributed by atoms with Crippen LogP contribution < -0.4 is 10.6 Å². The number of halogens is 4. The van der Waals surface area contributed by atoms with Crippen LogP contribution in [0.3, 0.4) is 0 Å². The third kappa shape index (κ3) is 3.66. The number of hydrogen-bond donors (Lipinski definition) is 2. The highest BCUT2D eigenvalue weighted by Gasteiger charge is 2.51. The quantitative estimate of drug-likeness (QED) is 0.554. The number of urea groups is 1. The van der Waals surface area contributed by atoms with Gasteiger partial charge in [-0.15, -0.1) is 0 Å². The first-order valence-electron chi connectivity index (χ1n) is 9.29. The van der Waals surface area contributed by atoms with Crippen molar-refractivity contribution >= 4 is 46.1 Å². The minimum absolute atomic E-state index is 0.158. The fraction of sp³-hybridized carbons (Fsp3) is 0.190. The molecule has 32 heavy (non-hydrogen) atoms. The highest BCUT2D eigenvalue weighted by molar-refractivity contribution is 6.34. The van der Waals surface area contributed by atoms with Crippen LogP contribution in [-0.4, -0.2) is 29.3 Å². The highest BCUT2D eigenvalue weighted by Crippen LogP contribution is 2.38. The van der Waals surface area contributed by atoms with Crippen molar-refractivity contribution in [1.82, 2.24) is 10.2 Å². The second-order valence-corrected chi connectivity index (χ2v) is 7.71. The zero-order chi connectivity index (χ0) is 23.3. The molecule has 2 aromatic carbocycles. The van der Waals surface area contributed by atoms with Gasteiger partial charge in [-0.1, -0.05) is 35.9 Å². The van der Waals surface area contributed by atoms with E-state index in [1.54, 1.807) is 30.3 Å². The first-order chi connectivity index (χ1) is 15.0. The Morgan fingerprint density at radius 3 is 2.59 bits per heavy atom. The molecule has 1 saturated heterocycles.